The first kappa shape index (κ1) is 21.8. The molecular weight excluding hydrogens is 364 g/mol. The molecule has 0 aromatic carbocycles. The van der Waals surface area contributed by atoms with Crippen molar-refractivity contribution < 1.29 is 13.7 Å². The molecule has 6 heteroatoms. The zero-order valence-corrected chi connectivity index (χ0v) is 18.0. The van der Waals surface area contributed by atoms with Gasteiger partial charge in [-0.1, -0.05) is 26.8 Å². The van der Waals surface area contributed by atoms with E-state index in [2.05, 4.69) is 0 Å². The molecule has 1 rings (SSSR count). The number of ketones is 1. The largest absolute Gasteiger partial charge is 0.372 e. The summed E-state index contributed by atoms with van der Waals surface area (Å²) in [6, 6.07) is 3.68. The van der Waals surface area contributed by atoms with Crippen molar-refractivity contribution in [1.29, 1.82) is 0 Å². The number of thiophene rings is 1. The molecule has 24 heavy (non-hydrogen) atoms. The molecule has 138 valence electrons. The van der Waals surface area contributed by atoms with E-state index in [-0.39, 0.29) is 18.3 Å². The average Bonchev–Trinajstić information content (AvgIpc) is 2.87. The Labute approximate surface area is 157 Å². The highest BCUT2D eigenvalue weighted by atomic mass is 35.5. The number of halogens is 1. The van der Waals surface area contributed by atoms with Crippen LogP contribution in [-0.4, -0.2) is 25.9 Å². The number of carbonyl (C=O) groups is 1. The summed E-state index contributed by atoms with van der Waals surface area (Å²) in [7, 11) is -1.35. The van der Waals surface area contributed by atoms with E-state index < -0.39 is 26.0 Å². The lowest BCUT2D eigenvalue weighted by Gasteiger charge is -2.33. The minimum atomic E-state index is -1.35. The number of hydrogen-bond acceptors (Lipinski definition) is 4. The van der Waals surface area contributed by atoms with Crippen LogP contribution in [-0.2, 0) is 20.3 Å². The van der Waals surface area contributed by atoms with Crippen LogP contribution in [0.15, 0.2) is 21.7 Å². The molecule has 0 saturated carbocycles. The Morgan fingerprint density at radius 3 is 2.25 bits per heavy atom. The topological polar surface area (TPSA) is 43.4 Å². The van der Waals surface area contributed by atoms with E-state index in [1.807, 2.05) is 59.1 Å². The minimum Gasteiger partial charge on any atom is -0.372 e. The van der Waals surface area contributed by atoms with Gasteiger partial charge in [-0.2, -0.15) is 0 Å². The van der Waals surface area contributed by atoms with Crippen LogP contribution in [0.4, 0.5) is 0 Å². The van der Waals surface area contributed by atoms with Gasteiger partial charge in [0.1, 0.15) is 9.99 Å². The molecule has 1 aromatic heterocycles. The van der Waals surface area contributed by atoms with Crippen molar-refractivity contribution in [2.24, 2.45) is 5.41 Å². The molecular formula is C18H29ClO3S2. The lowest BCUT2D eigenvalue weighted by atomic mass is 9.87. The summed E-state index contributed by atoms with van der Waals surface area (Å²) in [5, 5.41) is 1.88. The molecule has 0 aliphatic carbocycles. The molecule has 3 nitrogen and oxygen atoms in total. The molecule has 1 heterocycles. The Bertz CT molecular complexity index is 566. The van der Waals surface area contributed by atoms with Crippen molar-refractivity contribution in [1.82, 2.24) is 0 Å². The van der Waals surface area contributed by atoms with Gasteiger partial charge in [-0.05, 0) is 39.1 Å². The van der Waals surface area contributed by atoms with Crippen LogP contribution in [0.3, 0.4) is 0 Å². The first-order valence-electron chi connectivity index (χ1n) is 8.08. The van der Waals surface area contributed by atoms with Gasteiger partial charge < -0.3 is 4.74 Å². The van der Waals surface area contributed by atoms with Crippen molar-refractivity contribution in [3.8, 4) is 0 Å². The van der Waals surface area contributed by atoms with E-state index in [4.69, 9.17) is 16.3 Å². The summed E-state index contributed by atoms with van der Waals surface area (Å²) in [6.07, 6.45) is 0.242. The molecule has 0 spiro atoms. The monoisotopic (exact) mass is 392 g/mol. The minimum absolute atomic E-state index is 0.117. The third-order valence-electron chi connectivity index (χ3n) is 3.43. The van der Waals surface area contributed by atoms with E-state index in [0.29, 0.717) is 6.42 Å². The number of hydrogen-bond donors (Lipinski definition) is 0. The van der Waals surface area contributed by atoms with Gasteiger partial charge in [0.05, 0.1) is 26.7 Å². The molecule has 0 bridgehead atoms. The maximum atomic E-state index is 12.8. The fraction of sp³-hybridized carbons (Fsp3) is 0.722. The highest BCUT2D eigenvalue weighted by molar-refractivity contribution is 7.90. The predicted octanol–water partition coefficient (Wildman–Crippen LogP) is 5.39. The molecule has 3 unspecified atom stereocenters. The standard InChI is InChI=1S/C18H29ClO3S2/c1-16(2,3)14(20)11-13(22-17(4,5)6)12-18(7,19)24(21)15-9-8-10-23-15/h8-10,13H,11-12H2,1-7H3. The summed E-state index contributed by atoms with van der Waals surface area (Å²) in [6.45, 7) is 13.3. The zero-order valence-electron chi connectivity index (χ0n) is 15.6. The first-order chi connectivity index (χ1) is 10.7. The molecule has 1 aromatic rings. The van der Waals surface area contributed by atoms with Crippen molar-refractivity contribution >= 4 is 39.5 Å². The van der Waals surface area contributed by atoms with E-state index in [0.717, 1.165) is 4.21 Å². The molecule has 0 fully saturated rings. The number of alkyl halides is 1. The summed E-state index contributed by atoms with van der Waals surface area (Å²) < 4.78 is 18.6. The van der Waals surface area contributed by atoms with Crippen molar-refractivity contribution in [3.63, 3.8) is 0 Å². The van der Waals surface area contributed by atoms with Crippen LogP contribution in [0.2, 0.25) is 0 Å². The van der Waals surface area contributed by atoms with Crippen LogP contribution in [0.5, 0.6) is 0 Å². The zero-order chi connectivity index (χ0) is 18.8. The maximum absolute atomic E-state index is 12.8. The lowest BCUT2D eigenvalue weighted by Crippen LogP contribution is -2.38. The Morgan fingerprint density at radius 1 is 1.25 bits per heavy atom. The fourth-order valence-electron chi connectivity index (χ4n) is 2.23. The maximum Gasteiger partial charge on any atom is 0.140 e. The highest BCUT2D eigenvalue weighted by Crippen LogP contribution is 2.35. The van der Waals surface area contributed by atoms with Crippen molar-refractivity contribution in [2.75, 3.05) is 0 Å². The molecule has 0 amide bonds. The molecule has 0 aliphatic heterocycles. The quantitative estimate of drug-likeness (QED) is 0.584. The van der Waals surface area contributed by atoms with Crippen LogP contribution in [0.25, 0.3) is 0 Å². The van der Waals surface area contributed by atoms with E-state index in [1.54, 1.807) is 6.92 Å². The van der Waals surface area contributed by atoms with Crippen molar-refractivity contribution in [3.05, 3.63) is 17.5 Å². The van der Waals surface area contributed by atoms with Gasteiger partial charge in [0.2, 0.25) is 0 Å². The number of rotatable bonds is 7. The Balaban J connectivity index is 2.94. The summed E-state index contributed by atoms with van der Waals surface area (Å²) in [5.74, 6) is 0.117. The van der Waals surface area contributed by atoms with Crippen molar-refractivity contribution in [2.45, 2.75) is 81.4 Å². The lowest BCUT2D eigenvalue weighted by molar-refractivity contribution is -0.133. The molecule has 0 saturated heterocycles. The van der Waals surface area contributed by atoms with Crippen LogP contribution >= 0.6 is 22.9 Å². The third kappa shape index (κ3) is 6.95. The average molecular weight is 393 g/mol. The second-order valence-electron chi connectivity index (χ2n) is 8.24. The fourth-order valence-corrected chi connectivity index (χ4v) is 5.26. The number of Topliss-reactive ketones (excluding diaryl/α,β-unsaturated/α-hetero) is 1. The number of ether oxygens (including phenoxy) is 1. The Morgan fingerprint density at radius 2 is 1.83 bits per heavy atom. The molecule has 0 N–H and O–H groups in total. The van der Waals surface area contributed by atoms with Gasteiger partial charge in [0, 0.05) is 18.3 Å². The summed E-state index contributed by atoms with van der Waals surface area (Å²) >= 11 is 8.04. The van der Waals surface area contributed by atoms with Gasteiger partial charge in [-0.25, -0.2) is 0 Å². The summed E-state index contributed by atoms with van der Waals surface area (Å²) in [4.78, 5) is 12.4. The van der Waals surface area contributed by atoms with E-state index in [9.17, 15) is 9.00 Å². The van der Waals surface area contributed by atoms with Gasteiger partial charge in [-0.3, -0.25) is 9.00 Å². The second-order valence-corrected chi connectivity index (χ2v) is 12.4. The van der Waals surface area contributed by atoms with Gasteiger partial charge in [0.15, 0.2) is 0 Å². The third-order valence-corrected chi connectivity index (χ3v) is 6.85. The SMILES string of the molecule is CC(C)(C)OC(CC(=O)C(C)(C)C)CC(C)(Cl)S(=O)c1cccs1. The molecule has 0 aliphatic rings. The highest BCUT2D eigenvalue weighted by Gasteiger charge is 2.37. The first-order valence-corrected chi connectivity index (χ1v) is 10.5. The summed E-state index contributed by atoms with van der Waals surface area (Å²) in [5.41, 5.74) is -0.838. The van der Waals surface area contributed by atoms with Gasteiger partial charge >= 0.3 is 0 Å². The van der Waals surface area contributed by atoms with Crippen LogP contribution in [0.1, 0.15) is 61.3 Å². The van der Waals surface area contributed by atoms with E-state index in [1.165, 1.54) is 11.3 Å². The smallest absolute Gasteiger partial charge is 0.140 e. The van der Waals surface area contributed by atoms with Crippen LogP contribution in [0, 0.1) is 5.41 Å². The predicted molar refractivity (Wildman–Crippen MR) is 103 cm³/mol. The Kier molecular flexibility index (Phi) is 7.25. The second kappa shape index (κ2) is 7.98. The molecule has 0 radical (unpaired) electrons. The molecule has 3 atom stereocenters. The van der Waals surface area contributed by atoms with Crippen LogP contribution < -0.4 is 0 Å². The van der Waals surface area contributed by atoms with Gasteiger partial charge in [-0.15, -0.1) is 22.9 Å². The van der Waals surface area contributed by atoms with Gasteiger partial charge in [0.25, 0.3) is 0 Å². The normalized spacial score (nSPS) is 18.0. The van der Waals surface area contributed by atoms with E-state index >= 15 is 0 Å². The number of carbonyl (C=O) groups excluding carboxylic acids is 1. The Hall–Kier alpha value is -0.230.